The highest BCUT2D eigenvalue weighted by Crippen LogP contribution is 2.22. The summed E-state index contributed by atoms with van der Waals surface area (Å²) in [7, 11) is 0. The summed E-state index contributed by atoms with van der Waals surface area (Å²) in [5.74, 6) is 0. The highest BCUT2D eigenvalue weighted by molar-refractivity contribution is 6.31. The van der Waals surface area contributed by atoms with Crippen LogP contribution in [0.2, 0.25) is 5.15 Å². The SMILES string of the molecule is CCC(CC)N=Nc1cccnc1Cl. The Labute approximate surface area is 89.2 Å². The molecule has 0 atom stereocenters. The van der Waals surface area contributed by atoms with E-state index in [9.17, 15) is 0 Å². The maximum Gasteiger partial charge on any atom is 0.156 e. The molecule has 0 aliphatic rings. The van der Waals surface area contributed by atoms with Gasteiger partial charge in [-0.05, 0) is 25.0 Å². The second kappa shape index (κ2) is 5.70. The summed E-state index contributed by atoms with van der Waals surface area (Å²) in [6.45, 7) is 4.19. The Kier molecular flexibility index (Phi) is 4.53. The molecule has 14 heavy (non-hydrogen) atoms. The molecule has 0 aliphatic carbocycles. The van der Waals surface area contributed by atoms with E-state index in [1.165, 1.54) is 0 Å². The van der Waals surface area contributed by atoms with E-state index >= 15 is 0 Å². The smallest absolute Gasteiger partial charge is 0.156 e. The minimum absolute atomic E-state index is 0.284. The summed E-state index contributed by atoms with van der Waals surface area (Å²) < 4.78 is 0. The van der Waals surface area contributed by atoms with Crippen LogP contribution in [0.5, 0.6) is 0 Å². The van der Waals surface area contributed by atoms with Crippen LogP contribution < -0.4 is 0 Å². The van der Waals surface area contributed by atoms with Gasteiger partial charge >= 0.3 is 0 Å². The molecule has 0 aliphatic heterocycles. The third kappa shape index (κ3) is 3.07. The molecule has 0 bridgehead atoms. The standard InChI is InChI=1S/C10H14ClN3/c1-3-8(4-2)13-14-9-6-5-7-12-10(9)11/h5-8H,3-4H2,1-2H3. The van der Waals surface area contributed by atoms with Crippen molar-refractivity contribution in [1.82, 2.24) is 4.98 Å². The monoisotopic (exact) mass is 211 g/mol. The number of halogens is 1. The second-order valence-electron chi connectivity index (χ2n) is 3.00. The van der Waals surface area contributed by atoms with Gasteiger partial charge in [0.05, 0.1) is 6.04 Å². The molecule has 0 saturated carbocycles. The molecule has 0 spiro atoms. The summed E-state index contributed by atoms with van der Waals surface area (Å²) in [6, 6.07) is 3.89. The molecule has 1 aromatic heterocycles. The van der Waals surface area contributed by atoms with Gasteiger partial charge in [0.25, 0.3) is 0 Å². The zero-order valence-electron chi connectivity index (χ0n) is 8.44. The maximum absolute atomic E-state index is 5.83. The van der Waals surface area contributed by atoms with Crippen LogP contribution in [-0.4, -0.2) is 11.0 Å². The predicted molar refractivity (Wildman–Crippen MR) is 58.1 cm³/mol. The molecule has 0 saturated heterocycles. The fourth-order valence-corrected chi connectivity index (χ4v) is 1.21. The lowest BCUT2D eigenvalue weighted by Gasteiger charge is -2.03. The molecule has 1 aromatic rings. The van der Waals surface area contributed by atoms with Crippen molar-refractivity contribution in [3.05, 3.63) is 23.5 Å². The zero-order chi connectivity index (χ0) is 10.4. The zero-order valence-corrected chi connectivity index (χ0v) is 9.20. The van der Waals surface area contributed by atoms with Crippen LogP contribution in [-0.2, 0) is 0 Å². The van der Waals surface area contributed by atoms with Gasteiger partial charge in [-0.1, -0.05) is 25.4 Å². The average Bonchev–Trinajstić information content (AvgIpc) is 2.22. The first-order valence-electron chi connectivity index (χ1n) is 4.79. The molecule has 0 radical (unpaired) electrons. The van der Waals surface area contributed by atoms with Gasteiger partial charge in [-0.2, -0.15) is 10.2 Å². The number of hydrogen-bond acceptors (Lipinski definition) is 3. The summed E-state index contributed by atoms with van der Waals surface area (Å²) in [4.78, 5) is 3.92. The third-order valence-electron chi connectivity index (χ3n) is 2.01. The number of azo groups is 1. The van der Waals surface area contributed by atoms with Crippen molar-refractivity contribution >= 4 is 17.3 Å². The molecule has 0 aromatic carbocycles. The van der Waals surface area contributed by atoms with E-state index in [4.69, 9.17) is 11.6 Å². The molecular weight excluding hydrogens is 198 g/mol. The Morgan fingerprint density at radius 2 is 2.14 bits per heavy atom. The van der Waals surface area contributed by atoms with Gasteiger partial charge in [0.2, 0.25) is 0 Å². The minimum Gasteiger partial charge on any atom is -0.242 e. The van der Waals surface area contributed by atoms with Crippen LogP contribution in [0.1, 0.15) is 26.7 Å². The molecule has 1 heterocycles. The Balaban J connectivity index is 2.72. The topological polar surface area (TPSA) is 37.6 Å². The second-order valence-corrected chi connectivity index (χ2v) is 3.36. The van der Waals surface area contributed by atoms with E-state index in [1.54, 1.807) is 18.3 Å². The van der Waals surface area contributed by atoms with Crippen LogP contribution in [0.15, 0.2) is 28.6 Å². The summed E-state index contributed by atoms with van der Waals surface area (Å²) in [6.07, 6.45) is 3.63. The number of aromatic nitrogens is 1. The Bertz CT molecular complexity index is 308. The first kappa shape index (κ1) is 11.1. The lowest BCUT2D eigenvalue weighted by Crippen LogP contribution is -1.97. The number of nitrogens with zero attached hydrogens (tertiary/aromatic N) is 3. The molecule has 76 valence electrons. The average molecular weight is 212 g/mol. The van der Waals surface area contributed by atoms with Crippen molar-refractivity contribution < 1.29 is 0 Å². The first-order valence-corrected chi connectivity index (χ1v) is 5.17. The van der Waals surface area contributed by atoms with Gasteiger partial charge in [0.15, 0.2) is 5.15 Å². The lowest BCUT2D eigenvalue weighted by atomic mass is 10.2. The Morgan fingerprint density at radius 1 is 1.43 bits per heavy atom. The number of pyridine rings is 1. The van der Waals surface area contributed by atoms with Gasteiger partial charge < -0.3 is 0 Å². The van der Waals surface area contributed by atoms with Crippen molar-refractivity contribution in [3.8, 4) is 0 Å². The third-order valence-corrected chi connectivity index (χ3v) is 2.30. The molecule has 1 rings (SSSR count). The van der Waals surface area contributed by atoms with E-state index in [1.807, 2.05) is 0 Å². The van der Waals surface area contributed by atoms with Crippen molar-refractivity contribution in [2.45, 2.75) is 32.7 Å². The molecular formula is C10H14ClN3. The number of hydrogen-bond donors (Lipinski definition) is 0. The predicted octanol–water partition coefficient (Wildman–Crippen LogP) is 4.01. The van der Waals surface area contributed by atoms with Crippen LogP contribution in [0.25, 0.3) is 0 Å². The van der Waals surface area contributed by atoms with Crippen LogP contribution in [0.3, 0.4) is 0 Å². The fourth-order valence-electron chi connectivity index (χ4n) is 1.05. The van der Waals surface area contributed by atoms with E-state index < -0.39 is 0 Å². The van der Waals surface area contributed by atoms with E-state index in [2.05, 4.69) is 29.1 Å². The van der Waals surface area contributed by atoms with Crippen molar-refractivity contribution in [2.75, 3.05) is 0 Å². The van der Waals surface area contributed by atoms with Crippen LogP contribution in [0, 0.1) is 0 Å². The maximum atomic E-state index is 5.83. The fraction of sp³-hybridized carbons (Fsp3) is 0.500. The first-order chi connectivity index (χ1) is 6.77. The Hall–Kier alpha value is -0.960. The largest absolute Gasteiger partial charge is 0.242 e. The van der Waals surface area contributed by atoms with Crippen molar-refractivity contribution in [3.63, 3.8) is 0 Å². The van der Waals surface area contributed by atoms with Gasteiger partial charge in [-0.15, -0.1) is 0 Å². The van der Waals surface area contributed by atoms with Gasteiger partial charge in [-0.25, -0.2) is 4.98 Å². The molecule has 4 heteroatoms. The highest BCUT2D eigenvalue weighted by atomic mass is 35.5. The van der Waals surface area contributed by atoms with Crippen molar-refractivity contribution in [1.29, 1.82) is 0 Å². The van der Waals surface area contributed by atoms with Crippen molar-refractivity contribution in [2.24, 2.45) is 10.2 Å². The molecule has 3 nitrogen and oxygen atoms in total. The van der Waals surface area contributed by atoms with Gasteiger partial charge in [-0.3, -0.25) is 0 Å². The van der Waals surface area contributed by atoms with Crippen LogP contribution in [0.4, 0.5) is 5.69 Å². The summed E-state index contributed by atoms with van der Waals surface area (Å²) >= 11 is 5.83. The summed E-state index contributed by atoms with van der Waals surface area (Å²) in [5.41, 5.74) is 0.640. The van der Waals surface area contributed by atoms with Gasteiger partial charge in [0.1, 0.15) is 5.69 Å². The molecule has 0 unspecified atom stereocenters. The molecule has 0 fully saturated rings. The normalized spacial score (nSPS) is 11.4. The summed E-state index contributed by atoms with van der Waals surface area (Å²) in [5, 5.41) is 8.68. The lowest BCUT2D eigenvalue weighted by molar-refractivity contribution is 0.604. The van der Waals surface area contributed by atoms with Crippen LogP contribution >= 0.6 is 11.6 Å². The molecule has 0 N–H and O–H groups in total. The molecule has 0 amide bonds. The number of rotatable bonds is 4. The quantitative estimate of drug-likeness (QED) is 0.548. The Morgan fingerprint density at radius 3 is 2.71 bits per heavy atom. The van der Waals surface area contributed by atoms with E-state index in [0.717, 1.165) is 12.8 Å². The van der Waals surface area contributed by atoms with Gasteiger partial charge in [0, 0.05) is 6.20 Å². The van der Waals surface area contributed by atoms with E-state index in [-0.39, 0.29) is 6.04 Å². The minimum atomic E-state index is 0.284. The van der Waals surface area contributed by atoms with E-state index in [0.29, 0.717) is 10.8 Å². The highest BCUT2D eigenvalue weighted by Gasteiger charge is 2.01.